The molecule has 3 aromatic carbocycles. The van der Waals surface area contributed by atoms with Crippen LogP contribution in [0.5, 0.6) is 5.75 Å². The Kier molecular flexibility index (Phi) is 7.14. The van der Waals surface area contributed by atoms with Gasteiger partial charge >= 0.3 is 0 Å². The van der Waals surface area contributed by atoms with Crippen LogP contribution in [0.2, 0.25) is 0 Å². The molecule has 3 aromatic rings. The second-order valence-electron chi connectivity index (χ2n) is 9.39. The molecule has 2 heterocycles. The summed E-state index contributed by atoms with van der Waals surface area (Å²) in [7, 11) is 0. The lowest BCUT2D eigenvalue weighted by Gasteiger charge is -2.30. The molecule has 0 unspecified atom stereocenters. The number of rotatable bonds is 7. The molecule has 1 fully saturated rings. The van der Waals surface area contributed by atoms with Crippen LogP contribution in [-0.4, -0.2) is 42.9 Å². The molecule has 6 nitrogen and oxygen atoms in total. The molecule has 0 saturated carbocycles. The van der Waals surface area contributed by atoms with E-state index in [1.807, 2.05) is 61.5 Å². The van der Waals surface area contributed by atoms with Crippen LogP contribution in [0.1, 0.15) is 39.9 Å². The summed E-state index contributed by atoms with van der Waals surface area (Å²) in [5.41, 5.74) is 4.35. The second-order valence-corrected chi connectivity index (χ2v) is 9.39. The van der Waals surface area contributed by atoms with Crippen LogP contribution in [0.15, 0.2) is 78.6 Å². The van der Waals surface area contributed by atoms with Crippen molar-refractivity contribution < 1.29 is 14.3 Å². The number of ether oxygens (including phenoxy) is 1. The van der Waals surface area contributed by atoms with Gasteiger partial charge in [0.2, 0.25) is 0 Å². The van der Waals surface area contributed by atoms with Crippen molar-refractivity contribution in [2.24, 2.45) is 0 Å². The fraction of sp³-hybridized carbons (Fsp3) is 0.267. The van der Waals surface area contributed by atoms with Gasteiger partial charge in [-0.25, -0.2) is 0 Å². The second kappa shape index (κ2) is 10.8. The molecule has 0 bridgehead atoms. The number of hydrogen-bond donors (Lipinski definition) is 1. The Balaban J connectivity index is 1.30. The van der Waals surface area contributed by atoms with Crippen molar-refractivity contribution in [1.29, 1.82) is 0 Å². The van der Waals surface area contributed by atoms with E-state index < -0.39 is 0 Å². The van der Waals surface area contributed by atoms with Gasteiger partial charge < -0.3 is 15.0 Å². The Bertz CT molecular complexity index is 1280. The van der Waals surface area contributed by atoms with Crippen LogP contribution in [-0.2, 0) is 11.3 Å². The number of nitrogens with zero attached hydrogens (tertiary/aromatic N) is 2. The molecule has 0 aliphatic carbocycles. The summed E-state index contributed by atoms with van der Waals surface area (Å²) < 4.78 is 6.01. The highest BCUT2D eigenvalue weighted by molar-refractivity contribution is 6.09. The van der Waals surface area contributed by atoms with E-state index in [9.17, 15) is 9.59 Å². The van der Waals surface area contributed by atoms with Gasteiger partial charge in [-0.1, -0.05) is 54.1 Å². The van der Waals surface area contributed by atoms with E-state index in [4.69, 9.17) is 4.74 Å². The summed E-state index contributed by atoms with van der Waals surface area (Å²) in [6.07, 6.45) is 4.22. The Morgan fingerprint density at radius 3 is 2.56 bits per heavy atom. The largest absolute Gasteiger partial charge is 0.449 e. The van der Waals surface area contributed by atoms with Crippen molar-refractivity contribution >= 4 is 23.6 Å². The highest BCUT2D eigenvalue weighted by Gasteiger charge is 2.30. The van der Waals surface area contributed by atoms with Gasteiger partial charge in [0.25, 0.3) is 11.8 Å². The minimum Gasteiger partial charge on any atom is -0.449 e. The Morgan fingerprint density at radius 2 is 1.78 bits per heavy atom. The number of aryl methyl sites for hydroxylation is 1. The first-order valence-electron chi connectivity index (χ1n) is 12.5. The first kappa shape index (κ1) is 23.8. The molecule has 2 aliphatic rings. The summed E-state index contributed by atoms with van der Waals surface area (Å²) in [6.45, 7) is 6.26. The van der Waals surface area contributed by atoms with Crippen molar-refractivity contribution in [2.75, 3.05) is 31.1 Å². The molecule has 0 atom stereocenters. The van der Waals surface area contributed by atoms with Gasteiger partial charge in [0.05, 0.1) is 12.2 Å². The summed E-state index contributed by atoms with van der Waals surface area (Å²) in [4.78, 5) is 30.1. The van der Waals surface area contributed by atoms with Crippen molar-refractivity contribution in [3.63, 3.8) is 0 Å². The topological polar surface area (TPSA) is 61.9 Å². The van der Waals surface area contributed by atoms with Crippen LogP contribution in [0.3, 0.4) is 0 Å². The van der Waals surface area contributed by atoms with Gasteiger partial charge in [-0.3, -0.25) is 14.5 Å². The number of anilines is 1. The minimum atomic E-state index is -0.195. The van der Waals surface area contributed by atoms with Crippen LogP contribution in [0, 0.1) is 6.92 Å². The van der Waals surface area contributed by atoms with Gasteiger partial charge in [-0.05, 0) is 74.3 Å². The molecule has 36 heavy (non-hydrogen) atoms. The molecule has 2 aliphatic heterocycles. The Labute approximate surface area is 212 Å². The van der Waals surface area contributed by atoms with Crippen LogP contribution in [0.4, 0.5) is 5.69 Å². The monoisotopic (exact) mass is 481 g/mol. The molecular weight excluding hydrogens is 450 g/mol. The molecule has 1 N–H and O–H groups in total. The number of benzene rings is 3. The van der Waals surface area contributed by atoms with Gasteiger partial charge in [0.15, 0.2) is 11.5 Å². The number of likely N-dealkylation sites (tertiary alicyclic amines) is 1. The lowest BCUT2D eigenvalue weighted by atomic mass is 10.1. The Morgan fingerprint density at radius 1 is 1.00 bits per heavy atom. The van der Waals surface area contributed by atoms with Gasteiger partial charge in [0, 0.05) is 18.7 Å². The fourth-order valence-corrected chi connectivity index (χ4v) is 4.73. The van der Waals surface area contributed by atoms with E-state index in [-0.39, 0.29) is 17.6 Å². The Hall–Kier alpha value is -3.90. The van der Waals surface area contributed by atoms with Crippen molar-refractivity contribution in [3.05, 3.63) is 101 Å². The van der Waals surface area contributed by atoms with Gasteiger partial charge in [-0.2, -0.15) is 0 Å². The van der Waals surface area contributed by atoms with Crippen molar-refractivity contribution in [3.8, 4) is 5.75 Å². The molecule has 6 heteroatoms. The predicted molar refractivity (Wildman–Crippen MR) is 142 cm³/mol. The summed E-state index contributed by atoms with van der Waals surface area (Å²) in [6, 6.07) is 23.0. The zero-order valence-corrected chi connectivity index (χ0v) is 20.6. The van der Waals surface area contributed by atoms with Gasteiger partial charge in [-0.15, -0.1) is 0 Å². The number of fused-ring (bicyclic) bond motifs is 1. The highest BCUT2D eigenvalue weighted by atomic mass is 16.5. The molecule has 0 radical (unpaired) electrons. The minimum absolute atomic E-state index is 0.0864. The van der Waals surface area contributed by atoms with Gasteiger partial charge in [0.1, 0.15) is 0 Å². The molecule has 0 aromatic heterocycles. The number of carbonyl (C=O) groups is 2. The molecule has 2 amide bonds. The lowest BCUT2D eigenvalue weighted by Crippen LogP contribution is -2.36. The number of hydrogen-bond acceptors (Lipinski definition) is 4. The van der Waals surface area contributed by atoms with Crippen molar-refractivity contribution in [2.45, 2.75) is 26.3 Å². The van der Waals surface area contributed by atoms with Crippen molar-refractivity contribution in [1.82, 2.24) is 10.2 Å². The van der Waals surface area contributed by atoms with E-state index >= 15 is 0 Å². The number of amides is 2. The third kappa shape index (κ3) is 5.50. The van der Waals surface area contributed by atoms with E-state index in [1.165, 1.54) is 12.8 Å². The standard InChI is InChI=1S/C30H31N3O3/c1-22-7-6-8-24(19-22)21-33-26-9-2-3-10-27(26)36-28(30(33)35)20-23-11-13-25(14-12-23)29(34)31-15-18-32-16-4-5-17-32/h2-3,6-14,19-20H,4-5,15-18,21H2,1H3,(H,31,34)/b28-20-. The molecule has 5 rings (SSSR count). The molecular formula is C30H31N3O3. The first-order chi connectivity index (χ1) is 17.6. The predicted octanol–water partition coefficient (Wildman–Crippen LogP) is 4.79. The van der Waals surface area contributed by atoms with E-state index in [2.05, 4.69) is 16.3 Å². The first-order valence-corrected chi connectivity index (χ1v) is 12.5. The third-order valence-corrected chi connectivity index (χ3v) is 6.64. The molecule has 0 spiro atoms. The highest BCUT2D eigenvalue weighted by Crippen LogP contribution is 2.36. The normalized spacial score (nSPS) is 16.6. The summed E-state index contributed by atoms with van der Waals surface area (Å²) >= 11 is 0. The van der Waals surface area contributed by atoms with E-state index in [0.29, 0.717) is 24.4 Å². The van der Waals surface area contributed by atoms with Crippen LogP contribution >= 0.6 is 0 Å². The molecule has 184 valence electrons. The zero-order valence-electron chi connectivity index (χ0n) is 20.6. The average molecular weight is 482 g/mol. The summed E-state index contributed by atoms with van der Waals surface area (Å²) in [5.74, 6) is 0.616. The average Bonchev–Trinajstić information content (AvgIpc) is 3.40. The maximum Gasteiger partial charge on any atom is 0.294 e. The number of para-hydroxylation sites is 2. The zero-order chi connectivity index (χ0) is 24.9. The molecule has 1 saturated heterocycles. The maximum absolute atomic E-state index is 13.4. The van der Waals surface area contributed by atoms with E-state index in [1.54, 1.807) is 23.1 Å². The lowest BCUT2D eigenvalue weighted by molar-refractivity contribution is -0.117. The quantitative estimate of drug-likeness (QED) is 0.493. The van der Waals surface area contributed by atoms with Crippen LogP contribution < -0.4 is 15.0 Å². The maximum atomic E-state index is 13.4. The SMILES string of the molecule is Cc1cccc(CN2C(=O)/C(=C/c3ccc(C(=O)NCCN4CCCC4)cc3)Oc3ccccc32)c1. The fourth-order valence-electron chi connectivity index (χ4n) is 4.73. The summed E-state index contributed by atoms with van der Waals surface area (Å²) in [5, 5.41) is 3.00. The van der Waals surface area contributed by atoms with E-state index in [0.717, 1.165) is 42.0 Å². The number of carbonyl (C=O) groups excluding carboxylic acids is 2. The third-order valence-electron chi connectivity index (χ3n) is 6.64. The van der Waals surface area contributed by atoms with Crippen LogP contribution in [0.25, 0.3) is 6.08 Å². The number of nitrogens with one attached hydrogen (secondary N) is 1. The smallest absolute Gasteiger partial charge is 0.294 e.